The Morgan fingerprint density at radius 2 is 0.552 bits per heavy atom. The third-order valence-electron chi connectivity index (χ3n) is 14.6. The van der Waals surface area contributed by atoms with Gasteiger partial charge in [-0.05, 0) is 154 Å². The number of allylic oxidation sites excluding steroid dienone is 22. The van der Waals surface area contributed by atoms with Gasteiger partial charge in [0.15, 0.2) is 12.2 Å². The lowest BCUT2D eigenvalue weighted by atomic mass is 10.1. The third-order valence-corrected chi connectivity index (χ3v) is 16.5. The first-order valence-corrected chi connectivity index (χ1v) is 39.4. The molecule has 0 aliphatic rings. The number of unbranched alkanes of at least 4 members (excludes halogenated alkanes) is 19. The largest absolute Gasteiger partial charge is 0.472 e. The lowest BCUT2D eigenvalue weighted by Gasteiger charge is -2.21. The second kappa shape index (κ2) is 68.7. The Balaban J connectivity index is 5.42. The fourth-order valence-corrected chi connectivity index (χ4v) is 10.6. The van der Waals surface area contributed by atoms with Crippen molar-refractivity contribution in [2.24, 2.45) is 0 Å². The molecule has 5 unspecified atom stereocenters. The van der Waals surface area contributed by atoms with E-state index in [0.29, 0.717) is 32.1 Å². The number of aliphatic hydroxyl groups excluding tert-OH is 1. The second-order valence-corrected chi connectivity index (χ2v) is 26.7. The van der Waals surface area contributed by atoms with E-state index >= 15 is 0 Å². The summed E-state index contributed by atoms with van der Waals surface area (Å²) in [6.45, 7) is 4.42. The van der Waals surface area contributed by atoms with Crippen molar-refractivity contribution in [1.29, 1.82) is 0 Å². The molecular formula is C77H128O17P2. The van der Waals surface area contributed by atoms with Crippen molar-refractivity contribution in [3.63, 3.8) is 0 Å². The molecule has 0 bridgehead atoms. The summed E-state index contributed by atoms with van der Waals surface area (Å²) in [5, 5.41) is 10.6. The van der Waals surface area contributed by atoms with Crippen molar-refractivity contribution in [1.82, 2.24) is 0 Å². The summed E-state index contributed by atoms with van der Waals surface area (Å²) < 4.78 is 68.2. The highest BCUT2D eigenvalue weighted by Crippen LogP contribution is 2.45. The number of carbonyl (C=O) groups excluding carboxylic acids is 4. The van der Waals surface area contributed by atoms with Gasteiger partial charge in [-0.3, -0.25) is 37.3 Å². The number of carbonyl (C=O) groups is 4. The maximum atomic E-state index is 13.0. The van der Waals surface area contributed by atoms with Crippen LogP contribution >= 0.6 is 15.6 Å². The number of phosphoric acid groups is 2. The first kappa shape index (κ1) is 91.2. The number of phosphoric ester groups is 2. The SMILES string of the molecule is CC/C=C\C/C=C\C/C=C\C/C=C\CCCCC(=O)OCC(COP(=O)(O)OCC(O)COP(=O)(O)OCC(COC(=O)CCCCCCC/C=C\C/C=C\CCCCC)OC(=O)CCCCCCC/C=C\CCCC)OC(=O)CCCC/C=C\C/C=C\C/C=C\C/C=C\CC. The number of rotatable bonds is 67. The summed E-state index contributed by atoms with van der Waals surface area (Å²) in [7, 11) is -9.98. The first-order chi connectivity index (χ1) is 46.7. The van der Waals surface area contributed by atoms with Crippen LogP contribution in [0.4, 0.5) is 0 Å². The zero-order valence-electron chi connectivity index (χ0n) is 59.5. The Bertz CT molecular complexity index is 2350. The molecule has 96 heavy (non-hydrogen) atoms. The van der Waals surface area contributed by atoms with Gasteiger partial charge in [0.05, 0.1) is 26.4 Å². The number of hydrogen-bond donors (Lipinski definition) is 3. The molecule has 5 atom stereocenters. The Morgan fingerprint density at radius 3 is 0.896 bits per heavy atom. The Hall–Kier alpha value is -4.80. The molecule has 0 aromatic carbocycles. The molecule has 0 aliphatic heterocycles. The van der Waals surface area contributed by atoms with Gasteiger partial charge in [0.2, 0.25) is 0 Å². The van der Waals surface area contributed by atoms with Crippen LogP contribution in [0.5, 0.6) is 0 Å². The van der Waals surface area contributed by atoms with Crippen LogP contribution in [0.25, 0.3) is 0 Å². The van der Waals surface area contributed by atoms with E-state index < -0.39 is 97.5 Å². The minimum atomic E-state index is -5.00. The van der Waals surface area contributed by atoms with Gasteiger partial charge in [-0.15, -0.1) is 0 Å². The Labute approximate surface area is 580 Å². The molecule has 0 fully saturated rings. The van der Waals surface area contributed by atoms with Gasteiger partial charge in [-0.1, -0.05) is 226 Å². The highest BCUT2D eigenvalue weighted by molar-refractivity contribution is 7.47. The summed E-state index contributed by atoms with van der Waals surface area (Å²) in [6, 6.07) is 0. The monoisotopic (exact) mass is 1390 g/mol. The molecule has 0 amide bonds. The van der Waals surface area contributed by atoms with Gasteiger partial charge < -0.3 is 33.8 Å². The molecule has 19 heteroatoms. The van der Waals surface area contributed by atoms with Crippen molar-refractivity contribution >= 4 is 39.5 Å². The Kier molecular flexibility index (Phi) is 65.3. The van der Waals surface area contributed by atoms with Gasteiger partial charge in [0, 0.05) is 25.7 Å². The van der Waals surface area contributed by atoms with E-state index in [0.717, 1.165) is 154 Å². The molecule has 0 spiro atoms. The summed E-state index contributed by atoms with van der Waals surface area (Å²) in [5.74, 6) is -2.31. The lowest BCUT2D eigenvalue weighted by Crippen LogP contribution is -2.30. The van der Waals surface area contributed by atoms with Crippen molar-refractivity contribution < 1.29 is 80.2 Å². The molecule has 3 N–H and O–H groups in total. The predicted octanol–water partition coefficient (Wildman–Crippen LogP) is 20.5. The number of aliphatic hydroxyl groups is 1. The molecule has 0 aromatic rings. The highest BCUT2D eigenvalue weighted by atomic mass is 31.2. The van der Waals surface area contributed by atoms with E-state index in [-0.39, 0.29) is 25.7 Å². The highest BCUT2D eigenvalue weighted by Gasteiger charge is 2.30. The fraction of sp³-hybridized carbons (Fsp3) is 0.662. The van der Waals surface area contributed by atoms with Crippen LogP contribution in [-0.2, 0) is 65.4 Å². The van der Waals surface area contributed by atoms with E-state index in [1.165, 1.54) is 32.1 Å². The van der Waals surface area contributed by atoms with Crippen LogP contribution in [-0.4, -0.2) is 96.7 Å². The van der Waals surface area contributed by atoms with Gasteiger partial charge >= 0.3 is 39.5 Å². The molecule has 0 radical (unpaired) electrons. The molecule has 17 nitrogen and oxygen atoms in total. The maximum absolute atomic E-state index is 13.0. The zero-order chi connectivity index (χ0) is 70.4. The summed E-state index contributed by atoms with van der Waals surface area (Å²) in [5.41, 5.74) is 0. The van der Waals surface area contributed by atoms with Crippen LogP contribution in [0.2, 0.25) is 0 Å². The maximum Gasteiger partial charge on any atom is 0.472 e. The van der Waals surface area contributed by atoms with Gasteiger partial charge in [0.1, 0.15) is 19.3 Å². The third kappa shape index (κ3) is 67.8. The second-order valence-electron chi connectivity index (χ2n) is 23.8. The average molecular weight is 1390 g/mol. The van der Waals surface area contributed by atoms with Crippen molar-refractivity contribution in [2.45, 2.75) is 290 Å². The first-order valence-electron chi connectivity index (χ1n) is 36.4. The predicted molar refractivity (Wildman–Crippen MR) is 390 cm³/mol. The van der Waals surface area contributed by atoms with E-state index in [1.807, 2.05) is 0 Å². The normalized spacial score (nSPS) is 14.8. The van der Waals surface area contributed by atoms with Crippen LogP contribution in [0.15, 0.2) is 134 Å². The van der Waals surface area contributed by atoms with Crippen molar-refractivity contribution in [2.75, 3.05) is 39.6 Å². The zero-order valence-corrected chi connectivity index (χ0v) is 61.3. The van der Waals surface area contributed by atoms with Crippen LogP contribution in [0, 0.1) is 0 Å². The summed E-state index contributed by atoms with van der Waals surface area (Å²) in [6.07, 6.45) is 74.7. The van der Waals surface area contributed by atoms with E-state index in [9.17, 15) is 43.2 Å². The summed E-state index contributed by atoms with van der Waals surface area (Å²) in [4.78, 5) is 72.7. The van der Waals surface area contributed by atoms with E-state index in [1.54, 1.807) is 0 Å². The molecule has 0 aliphatic carbocycles. The van der Waals surface area contributed by atoms with Crippen LogP contribution in [0.3, 0.4) is 0 Å². The minimum absolute atomic E-state index is 0.0294. The Morgan fingerprint density at radius 1 is 0.302 bits per heavy atom. The molecule has 0 saturated carbocycles. The molecule has 548 valence electrons. The number of ether oxygens (including phenoxy) is 4. The van der Waals surface area contributed by atoms with Crippen LogP contribution in [0.1, 0.15) is 272 Å². The molecule has 0 saturated heterocycles. The van der Waals surface area contributed by atoms with Crippen LogP contribution < -0.4 is 0 Å². The van der Waals surface area contributed by atoms with Gasteiger partial charge in [-0.25, -0.2) is 9.13 Å². The number of esters is 4. The van der Waals surface area contributed by atoms with Gasteiger partial charge in [0.25, 0.3) is 0 Å². The smallest absolute Gasteiger partial charge is 0.462 e. The standard InChI is InChI=1S/C77H128O17P2/c1-5-9-13-17-21-25-29-32-35-38-42-45-49-53-57-61-74(79)87-67-72(93-76(81)63-59-55-51-47-41-28-24-20-16-12-8-4)69-91-95(83,84)89-65-71(78)66-90-96(85,86)92-70-73(94-77(82)64-60-56-52-48-44-40-37-34-31-27-23-19-15-11-7-3)68-88-75(80)62-58-54-50-46-43-39-36-33-30-26-22-18-14-10-6-2/h10-11,14-15,20-27,32-37,43-44,46,48,71-73,78H,5-9,12-13,16-19,28-31,38-42,45,47,49-70H2,1-4H3,(H,83,84)(H,85,86)/b14-10-,15-11-,24-20-,25-21-,26-22-,27-23-,35-32-,36-33-,37-34-,46-43-,48-44-. The van der Waals surface area contributed by atoms with E-state index in [4.69, 9.17) is 37.0 Å². The quantitative estimate of drug-likeness (QED) is 0.0169. The molecule has 0 aromatic heterocycles. The number of hydrogen-bond acceptors (Lipinski definition) is 15. The molecular weight excluding hydrogens is 1260 g/mol. The average Bonchev–Trinajstić information content (AvgIpc) is 1.09. The van der Waals surface area contributed by atoms with Crippen molar-refractivity contribution in [3.8, 4) is 0 Å². The summed E-state index contributed by atoms with van der Waals surface area (Å²) >= 11 is 0. The molecule has 0 rings (SSSR count). The topological polar surface area (TPSA) is 237 Å². The van der Waals surface area contributed by atoms with Crippen molar-refractivity contribution in [3.05, 3.63) is 134 Å². The minimum Gasteiger partial charge on any atom is -0.462 e. The lowest BCUT2D eigenvalue weighted by molar-refractivity contribution is -0.161. The molecule has 0 heterocycles. The van der Waals surface area contributed by atoms with E-state index in [2.05, 4.69) is 161 Å². The fourth-order valence-electron chi connectivity index (χ4n) is 9.03. The van der Waals surface area contributed by atoms with Gasteiger partial charge in [-0.2, -0.15) is 0 Å².